The molecule has 0 saturated carbocycles. The van der Waals surface area contributed by atoms with Crippen LogP contribution in [0.4, 0.5) is 11.6 Å². The summed E-state index contributed by atoms with van der Waals surface area (Å²) in [6, 6.07) is 25.9. The van der Waals surface area contributed by atoms with Crippen LogP contribution in [0.1, 0.15) is 6.92 Å². The fraction of sp³-hybridized carbons (Fsp3) is 0.222. The summed E-state index contributed by atoms with van der Waals surface area (Å²) in [6.45, 7) is 5.21. The minimum Gasteiger partial charge on any atom is -0.494 e. The second-order valence-corrected chi connectivity index (χ2v) is 10.1. The van der Waals surface area contributed by atoms with Gasteiger partial charge in [-0.15, -0.1) is 0 Å². The van der Waals surface area contributed by atoms with Crippen LogP contribution in [0.15, 0.2) is 99.3 Å². The van der Waals surface area contributed by atoms with E-state index in [1.54, 1.807) is 30.3 Å². The molecule has 0 spiro atoms. The van der Waals surface area contributed by atoms with Gasteiger partial charge < -0.3 is 19.0 Å². The molecule has 7 nitrogen and oxygen atoms in total. The second kappa shape index (κ2) is 9.84. The number of piperazine rings is 1. The van der Waals surface area contributed by atoms with Gasteiger partial charge in [-0.25, -0.2) is 8.42 Å². The highest BCUT2D eigenvalue weighted by molar-refractivity contribution is 7.91. The number of ether oxygens (including phenoxy) is 1. The highest BCUT2D eigenvalue weighted by Crippen LogP contribution is 2.35. The number of rotatable bonds is 7. The van der Waals surface area contributed by atoms with Crippen LogP contribution in [0.3, 0.4) is 0 Å². The van der Waals surface area contributed by atoms with Gasteiger partial charge >= 0.3 is 0 Å². The summed E-state index contributed by atoms with van der Waals surface area (Å²) in [7, 11) is -3.87. The molecule has 1 fully saturated rings. The molecule has 2 heterocycles. The summed E-state index contributed by atoms with van der Waals surface area (Å²) in [4.78, 5) is 8.95. The Labute approximate surface area is 205 Å². The van der Waals surface area contributed by atoms with Crippen LogP contribution in [-0.2, 0) is 9.84 Å². The summed E-state index contributed by atoms with van der Waals surface area (Å²) in [5.74, 6) is 1.28. The summed E-state index contributed by atoms with van der Waals surface area (Å²) in [5.41, 5.74) is 1.84. The van der Waals surface area contributed by atoms with Crippen molar-refractivity contribution in [3.05, 3.63) is 84.9 Å². The number of sulfone groups is 1. The van der Waals surface area contributed by atoms with E-state index in [-0.39, 0.29) is 21.7 Å². The van der Waals surface area contributed by atoms with Crippen molar-refractivity contribution in [1.29, 1.82) is 0 Å². The molecule has 0 radical (unpaired) electrons. The molecule has 180 valence electrons. The van der Waals surface area contributed by atoms with E-state index in [0.717, 1.165) is 24.5 Å². The molecular formula is C27H27N3O4S. The predicted octanol–water partition coefficient (Wildman–Crippen LogP) is 4.90. The quantitative estimate of drug-likeness (QED) is 0.365. The van der Waals surface area contributed by atoms with Crippen molar-refractivity contribution in [3.8, 4) is 17.2 Å². The van der Waals surface area contributed by atoms with Crippen LogP contribution in [-0.4, -0.2) is 46.2 Å². The zero-order valence-corrected chi connectivity index (χ0v) is 20.3. The van der Waals surface area contributed by atoms with E-state index in [2.05, 4.69) is 22.0 Å². The number of anilines is 2. The molecule has 0 aliphatic carbocycles. The first-order chi connectivity index (χ1) is 17.1. The minimum atomic E-state index is -3.87. The van der Waals surface area contributed by atoms with Crippen molar-refractivity contribution in [3.63, 3.8) is 0 Å². The number of oxazole rings is 1. The van der Waals surface area contributed by atoms with Crippen molar-refractivity contribution < 1.29 is 17.6 Å². The third-order valence-electron chi connectivity index (χ3n) is 5.99. The molecule has 0 amide bonds. The van der Waals surface area contributed by atoms with Gasteiger partial charge in [0.15, 0.2) is 0 Å². The Bertz CT molecular complexity index is 1360. The van der Waals surface area contributed by atoms with Crippen LogP contribution < -0.4 is 14.5 Å². The largest absolute Gasteiger partial charge is 0.494 e. The lowest BCUT2D eigenvalue weighted by Crippen LogP contribution is -2.46. The Balaban J connectivity index is 1.49. The Morgan fingerprint density at radius 3 is 2.06 bits per heavy atom. The van der Waals surface area contributed by atoms with Crippen molar-refractivity contribution in [1.82, 2.24) is 4.98 Å². The average Bonchev–Trinajstić information content (AvgIpc) is 3.37. The van der Waals surface area contributed by atoms with E-state index in [1.165, 1.54) is 0 Å². The maximum Gasteiger partial charge on any atom is 0.236 e. The zero-order valence-electron chi connectivity index (χ0n) is 19.5. The highest BCUT2D eigenvalue weighted by Gasteiger charge is 2.32. The normalized spacial score (nSPS) is 14.2. The third-order valence-corrected chi connectivity index (χ3v) is 7.66. The van der Waals surface area contributed by atoms with Crippen LogP contribution in [0, 0.1) is 0 Å². The molecule has 0 atom stereocenters. The van der Waals surface area contributed by atoms with Gasteiger partial charge in [0.2, 0.25) is 26.6 Å². The lowest BCUT2D eigenvalue weighted by Gasteiger charge is -2.36. The van der Waals surface area contributed by atoms with Crippen LogP contribution in [0.2, 0.25) is 0 Å². The van der Waals surface area contributed by atoms with Gasteiger partial charge in [0.25, 0.3) is 0 Å². The molecule has 3 aromatic carbocycles. The van der Waals surface area contributed by atoms with Crippen molar-refractivity contribution in [2.45, 2.75) is 16.8 Å². The summed E-state index contributed by atoms with van der Waals surface area (Å²) in [5, 5.41) is -0.0549. The molecule has 5 rings (SSSR count). The summed E-state index contributed by atoms with van der Waals surface area (Å²) < 4.78 is 38.9. The Hall–Kier alpha value is -3.78. The van der Waals surface area contributed by atoms with Crippen molar-refractivity contribution in [2.75, 3.05) is 42.6 Å². The van der Waals surface area contributed by atoms with Gasteiger partial charge in [-0.3, -0.25) is 0 Å². The number of benzene rings is 3. The number of aromatic nitrogens is 1. The molecule has 4 aromatic rings. The first-order valence-electron chi connectivity index (χ1n) is 11.7. The molecule has 0 N–H and O–H groups in total. The zero-order chi connectivity index (χ0) is 24.3. The smallest absolute Gasteiger partial charge is 0.236 e. The molecule has 1 saturated heterocycles. The Morgan fingerprint density at radius 1 is 0.829 bits per heavy atom. The van der Waals surface area contributed by atoms with Gasteiger partial charge in [-0.1, -0.05) is 36.4 Å². The second-order valence-electron chi connectivity index (χ2n) is 8.21. The van der Waals surface area contributed by atoms with Gasteiger partial charge in [0.1, 0.15) is 5.75 Å². The first kappa shape index (κ1) is 23.0. The lowest BCUT2D eigenvalue weighted by molar-refractivity contribution is 0.340. The van der Waals surface area contributed by atoms with E-state index < -0.39 is 9.84 Å². The van der Waals surface area contributed by atoms with E-state index in [0.29, 0.717) is 25.3 Å². The molecule has 8 heteroatoms. The van der Waals surface area contributed by atoms with E-state index in [4.69, 9.17) is 9.15 Å². The summed E-state index contributed by atoms with van der Waals surface area (Å²) in [6.07, 6.45) is 0. The number of hydrogen-bond donors (Lipinski definition) is 0. The Morgan fingerprint density at radius 2 is 1.43 bits per heavy atom. The molecule has 35 heavy (non-hydrogen) atoms. The summed E-state index contributed by atoms with van der Waals surface area (Å²) >= 11 is 0. The van der Waals surface area contributed by atoms with E-state index in [1.807, 2.05) is 54.3 Å². The average molecular weight is 490 g/mol. The van der Waals surface area contributed by atoms with Gasteiger partial charge in [0, 0.05) is 37.4 Å². The molecule has 1 aliphatic rings. The van der Waals surface area contributed by atoms with E-state index in [9.17, 15) is 8.42 Å². The molecule has 1 aromatic heterocycles. The maximum absolute atomic E-state index is 13.6. The fourth-order valence-corrected chi connectivity index (χ4v) is 5.52. The first-order valence-corrected chi connectivity index (χ1v) is 13.1. The van der Waals surface area contributed by atoms with Crippen molar-refractivity contribution >= 4 is 21.4 Å². The van der Waals surface area contributed by atoms with Gasteiger partial charge in [0.05, 0.1) is 11.5 Å². The number of nitrogens with zero attached hydrogens (tertiary/aromatic N) is 3. The van der Waals surface area contributed by atoms with Gasteiger partial charge in [-0.05, 0) is 55.5 Å². The fourth-order valence-electron chi connectivity index (χ4n) is 4.17. The van der Waals surface area contributed by atoms with Crippen LogP contribution >= 0.6 is 0 Å². The standard InChI is InChI=1S/C27H27N3O4S/c1-2-33-23-15-13-21(14-16-23)25-28-26(35(31,32)24-11-7-4-8-12-24)27(34-25)30-19-17-29(18-20-30)22-9-5-3-6-10-22/h3-16H,2,17-20H2,1H3. The molecule has 0 bridgehead atoms. The predicted molar refractivity (Wildman–Crippen MR) is 136 cm³/mol. The molecule has 1 aliphatic heterocycles. The monoisotopic (exact) mass is 489 g/mol. The van der Waals surface area contributed by atoms with Gasteiger partial charge in [-0.2, -0.15) is 4.98 Å². The number of hydrogen-bond acceptors (Lipinski definition) is 7. The molecule has 0 unspecified atom stereocenters. The topological polar surface area (TPSA) is 75.9 Å². The van der Waals surface area contributed by atoms with Crippen LogP contribution in [0.5, 0.6) is 5.75 Å². The van der Waals surface area contributed by atoms with E-state index >= 15 is 0 Å². The highest BCUT2D eigenvalue weighted by atomic mass is 32.2. The number of para-hydroxylation sites is 1. The molecular weight excluding hydrogens is 462 g/mol. The Kier molecular flexibility index (Phi) is 6.46. The lowest BCUT2D eigenvalue weighted by atomic mass is 10.2. The SMILES string of the molecule is CCOc1ccc(-c2nc(S(=O)(=O)c3ccccc3)c(N3CCN(c4ccccc4)CC3)o2)cc1. The van der Waals surface area contributed by atoms with Crippen molar-refractivity contribution in [2.24, 2.45) is 0 Å². The van der Waals surface area contributed by atoms with Crippen LogP contribution in [0.25, 0.3) is 11.5 Å². The maximum atomic E-state index is 13.6. The minimum absolute atomic E-state index is 0.0549. The third kappa shape index (κ3) is 4.74.